The molecule has 0 amide bonds. The van der Waals surface area contributed by atoms with E-state index >= 15 is 0 Å². The van der Waals surface area contributed by atoms with Gasteiger partial charge in [-0.3, -0.25) is 8.98 Å². The van der Waals surface area contributed by atoms with Gasteiger partial charge in [-0.1, -0.05) is 0 Å². The molecule has 0 radical (unpaired) electrons. The zero-order valence-corrected chi connectivity index (χ0v) is 9.04. The van der Waals surface area contributed by atoms with Gasteiger partial charge >= 0.3 is 5.97 Å². The first-order valence-electron chi connectivity index (χ1n) is 4.45. The quantitative estimate of drug-likeness (QED) is 0.489. The molecular formula is C8H14O5S. The largest absolute Gasteiger partial charge is 0.466 e. The van der Waals surface area contributed by atoms with Crippen LogP contribution in [0.4, 0.5) is 0 Å². The topological polar surface area (TPSA) is 69.7 Å². The molecule has 0 aliphatic heterocycles. The number of hydrogen-bond donors (Lipinski definition) is 0. The molecule has 6 heteroatoms. The Hall–Kier alpha value is -0.620. The van der Waals surface area contributed by atoms with Crippen LogP contribution in [0.5, 0.6) is 0 Å². The summed E-state index contributed by atoms with van der Waals surface area (Å²) >= 11 is 0. The van der Waals surface area contributed by atoms with Crippen LogP contribution >= 0.6 is 0 Å². The van der Waals surface area contributed by atoms with Crippen molar-refractivity contribution in [1.29, 1.82) is 0 Å². The minimum Gasteiger partial charge on any atom is -0.466 e. The van der Waals surface area contributed by atoms with Crippen molar-refractivity contribution in [3.8, 4) is 0 Å². The standard InChI is InChI=1S/C8H14O5S/c1-3-12-8(9)7-4-6(7)5-13-14(2,10)11/h6-7H,3-5H2,1-2H3/t6-,7+/m1/s1. The molecule has 0 saturated heterocycles. The van der Waals surface area contributed by atoms with Crippen LogP contribution in [0, 0.1) is 11.8 Å². The van der Waals surface area contributed by atoms with E-state index < -0.39 is 10.1 Å². The fourth-order valence-electron chi connectivity index (χ4n) is 1.18. The minimum absolute atomic E-state index is 0.00350. The molecule has 1 rings (SSSR count). The molecule has 0 N–H and O–H groups in total. The van der Waals surface area contributed by atoms with Crippen LogP contribution in [-0.4, -0.2) is 33.9 Å². The molecule has 1 aliphatic rings. The molecule has 0 spiro atoms. The van der Waals surface area contributed by atoms with Gasteiger partial charge in [-0.05, 0) is 19.3 Å². The summed E-state index contributed by atoms with van der Waals surface area (Å²) in [5, 5.41) is 0. The molecule has 0 heterocycles. The number of carbonyl (C=O) groups excluding carboxylic acids is 1. The average molecular weight is 222 g/mol. The summed E-state index contributed by atoms with van der Waals surface area (Å²) in [5.41, 5.74) is 0. The van der Waals surface area contributed by atoms with Gasteiger partial charge < -0.3 is 4.74 Å². The number of esters is 1. The summed E-state index contributed by atoms with van der Waals surface area (Å²) in [7, 11) is -3.39. The third kappa shape index (κ3) is 3.63. The Balaban J connectivity index is 2.23. The number of ether oxygens (including phenoxy) is 1. The Morgan fingerprint density at radius 2 is 2.14 bits per heavy atom. The molecule has 0 bridgehead atoms. The van der Waals surface area contributed by atoms with Gasteiger partial charge in [-0.15, -0.1) is 0 Å². The highest BCUT2D eigenvalue weighted by molar-refractivity contribution is 7.85. The van der Waals surface area contributed by atoms with E-state index in [1.54, 1.807) is 6.92 Å². The first kappa shape index (κ1) is 11.5. The molecule has 82 valence electrons. The van der Waals surface area contributed by atoms with Crippen molar-refractivity contribution in [2.24, 2.45) is 11.8 Å². The van der Waals surface area contributed by atoms with Crippen molar-refractivity contribution >= 4 is 16.1 Å². The predicted molar refractivity (Wildman–Crippen MR) is 49.0 cm³/mol. The molecule has 0 aromatic carbocycles. The summed E-state index contributed by atoms with van der Waals surface area (Å²) in [6.07, 6.45) is 1.66. The van der Waals surface area contributed by atoms with Gasteiger partial charge in [-0.2, -0.15) is 8.42 Å². The molecule has 0 aromatic rings. The van der Waals surface area contributed by atoms with Crippen LogP contribution in [0.25, 0.3) is 0 Å². The first-order chi connectivity index (χ1) is 6.44. The van der Waals surface area contributed by atoms with Gasteiger partial charge in [0.15, 0.2) is 0 Å². The van der Waals surface area contributed by atoms with E-state index in [0.29, 0.717) is 13.0 Å². The summed E-state index contributed by atoms with van der Waals surface area (Å²) in [4.78, 5) is 11.1. The summed E-state index contributed by atoms with van der Waals surface area (Å²) in [6.45, 7) is 2.18. The Kier molecular flexibility index (Phi) is 3.49. The summed E-state index contributed by atoms with van der Waals surface area (Å²) in [6, 6.07) is 0. The van der Waals surface area contributed by atoms with Crippen LogP contribution in [0.1, 0.15) is 13.3 Å². The van der Waals surface area contributed by atoms with Gasteiger partial charge in [0.05, 0.1) is 25.4 Å². The van der Waals surface area contributed by atoms with E-state index in [2.05, 4.69) is 4.18 Å². The van der Waals surface area contributed by atoms with E-state index in [1.165, 1.54) is 0 Å². The van der Waals surface area contributed by atoms with E-state index in [9.17, 15) is 13.2 Å². The van der Waals surface area contributed by atoms with Crippen LogP contribution < -0.4 is 0 Å². The maximum absolute atomic E-state index is 11.1. The van der Waals surface area contributed by atoms with Crippen LogP contribution in [0.3, 0.4) is 0 Å². The molecule has 0 aromatic heterocycles. The van der Waals surface area contributed by atoms with E-state index in [0.717, 1.165) is 6.26 Å². The third-order valence-electron chi connectivity index (χ3n) is 2.01. The second-order valence-corrected chi connectivity index (χ2v) is 4.99. The zero-order chi connectivity index (χ0) is 10.8. The normalized spacial score (nSPS) is 25.9. The van der Waals surface area contributed by atoms with E-state index in [-0.39, 0.29) is 24.4 Å². The lowest BCUT2D eigenvalue weighted by Crippen LogP contribution is -2.11. The highest BCUT2D eigenvalue weighted by Crippen LogP contribution is 2.39. The summed E-state index contributed by atoms with van der Waals surface area (Å²) in [5.74, 6) is -0.421. The zero-order valence-electron chi connectivity index (χ0n) is 8.23. The number of carbonyl (C=O) groups is 1. The monoisotopic (exact) mass is 222 g/mol. The number of hydrogen-bond acceptors (Lipinski definition) is 5. The fraction of sp³-hybridized carbons (Fsp3) is 0.875. The Bertz CT molecular complexity index is 308. The van der Waals surface area contributed by atoms with Crippen LogP contribution in [0.2, 0.25) is 0 Å². The van der Waals surface area contributed by atoms with Crippen molar-refractivity contribution in [3.63, 3.8) is 0 Å². The molecule has 1 fully saturated rings. The third-order valence-corrected chi connectivity index (χ3v) is 2.57. The van der Waals surface area contributed by atoms with Crippen LogP contribution in [0.15, 0.2) is 0 Å². The Morgan fingerprint density at radius 3 is 2.64 bits per heavy atom. The Labute approximate surface area is 83.5 Å². The van der Waals surface area contributed by atoms with Crippen molar-refractivity contribution in [2.75, 3.05) is 19.5 Å². The SMILES string of the molecule is CCOC(=O)[C@H]1C[C@@H]1COS(C)(=O)=O. The molecule has 1 saturated carbocycles. The highest BCUT2D eigenvalue weighted by atomic mass is 32.2. The predicted octanol–water partition coefficient (Wildman–Crippen LogP) is 0.162. The minimum atomic E-state index is -3.39. The molecular weight excluding hydrogens is 208 g/mol. The molecule has 0 unspecified atom stereocenters. The molecule has 2 atom stereocenters. The Morgan fingerprint density at radius 1 is 1.50 bits per heavy atom. The van der Waals surface area contributed by atoms with E-state index in [4.69, 9.17) is 4.74 Å². The fourth-order valence-corrected chi connectivity index (χ4v) is 1.60. The first-order valence-corrected chi connectivity index (χ1v) is 6.26. The maximum Gasteiger partial charge on any atom is 0.309 e. The second kappa shape index (κ2) is 4.27. The lowest BCUT2D eigenvalue weighted by molar-refractivity contribution is -0.145. The van der Waals surface area contributed by atoms with Crippen molar-refractivity contribution in [1.82, 2.24) is 0 Å². The van der Waals surface area contributed by atoms with Gasteiger partial charge in [0.25, 0.3) is 10.1 Å². The molecule has 1 aliphatic carbocycles. The highest BCUT2D eigenvalue weighted by Gasteiger charge is 2.44. The lowest BCUT2D eigenvalue weighted by Gasteiger charge is -2.01. The van der Waals surface area contributed by atoms with Gasteiger partial charge in [0.2, 0.25) is 0 Å². The van der Waals surface area contributed by atoms with Crippen molar-refractivity contribution in [3.05, 3.63) is 0 Å². The maximum atomic E-state index is 11.1. The number of rotatable bonds is 5. The van der Waals surface area contributed by atoms with E-state index in [1.807, 2.05) is 0 Å². The smallest absolute Gasteiger partial charge is 0.309 e. The van der Waals surface area contributed by atoms with Gasteiger partial charge in [-0.25, -0.2) is 0 Å². The average Bonchev–Trinajstić information content (AvgIpc) is 2.78. The van der Waals surface area contributed by atoms with Gasteiger partial charge in [0.1, 0.15) is 0 Å². The lowest BCUT2D eigenvalue weighted by atomic mass is 10.3. The molecule has 5 nitrogen and oxygen atoms in total. The van der Waals surface area contributed by atoms with Crippen molar-refractivity contribution < 1.29 is 22.1 Å². The van der Waals surface area contributed by atoms with Gasteiger partial charge in [0, 0.05) is 0 Å². The van der Waals surface area contributed by atoms with Crippen LogP contribution in [-0.2, 0) is 23.8 Å². The van der Waals surface area contributed by atoms with Crippen molar-refractivity contribution in [2.45, 2.75) is 13.3 Å². The molecule has 14 heavy (non-hydrogen) atoms. The second-order valence-electron chi connectivity index (χ2n) is 3.34. The summed E-state index contributed by atoms with van der Waals surface area (Å²) < 4.78 is 30.6.